The third-order valence-electron chi connectivity index (χ3n) is 4.38. The average molecular weight is 328 g/mol. The van der Waals surface area contributed by atoms with Gasteiger partial charge in [-0.15, -0.1) is 0 Å². The highest BCUT2D eigenvalue weighted by Crippen LogP contribution is 2.47. The van der Waals surface area contributed by atoms with Crippen molar-refractivity contribution in [1.82, 2.24) is 10.6 Å². The van der Waals surface area contributed by atoms with E-state index in [1.807, 2.05) is 12.1 Å². The Morgan fingerprint density at radius 2 is 2.12 bits per heavy atom. The van der Waals surface area contributed by atoms with Crippen molar-refractivity contribution in [2.45, 2.75) is 25.8 Å². The first-order chi connectivity index (χ1) is 11.7. The van der Waals surface area contributed by atoms with Gasteiger partial charge in [0.15, 0.2) is 0 Å². The summed E-state index contributed by atoms with van der Waals surface area (Å²) in [5, 5.41) is 6.17. The molecule has 1 aliphatic rings. The van der Waals surface area contributed by atoms with Crippen molar-refractivity contribution in [3.05, 3.63) is 53.5 Å². The summed E-state index contributed by atoms with van der Waals surface area (Å²) in [4.78, 5) is 12.0. The second-order valence-corrected chi connectivity index (χ2v) is 6.29. The van der Waals surface area contributed by atoms with Crippen molar-refractivity contribution in [2.24, 2.45) is 5.92 Å². The van der Waals surface area contributed by atoms with Crippen molar-refractivity contribution < 1.29 is 13.9 Å². The summed E-state index contributed by atoms with van der Waals surface area (Å²) < 4.78 is 11.0. The molecule has 0 radical (unpaired) electrons. The van der Waals surface area contributed by atoms with Gasteiger partial charge < -0.3 is 19.8 Å². The fourth-order valence-electron chi connectivity index (χ4n) is 2.75. The normalized spacial score (nSPS) is 19.1. The number of carbonyl (C=O) groups is 1. The maximum Gasteiger partial charge on any atom is 0.251 e. The SMILES string of the molecule is COc1cccc(C(=O)NCCNCc2ccc(C3CC3C)o2)c1. The Labute approximate surface area is 142 Å². The van der Waals surface area contributed by atoms with Crippen molar-refractivity contribution in [3.63, 3.8) is 0 Å². The first kappa shape index (κ1) is 16.6. The van der Waals surface area contributed by atoms with Crippen LogP contribution in [0.15, 0.2) is 40.8 Å². The zero-order valence-corrected chi connectivity index (χ0v) is 14.2. The number of amides is 1. The molecule has 1 aliphatic carbocycles. The van der Waals surface area contributed by atoms with E-state index in [0.717, 1.165) is 17.4 Å². The van der Waals surface area contributed by atoms with Gasteiger partial charge in [0.1, 0.15) is 17.3 Å². The number of methoxy groups -OCH3 is 1. The molecule has 1 aromatic carbocycles. The van der Waals surface area contributed by atoms with Crippen LogP contribution in [-0.4, -0.2) is 26.1 Å². The minimum Gasteiger partial charge on any atom is -0.497 e. The first-order valence-electron chi connectivity index (χ1n) is 8.39. The summed E-state index contributed by atoms with van der Waals surface area (Å²) in [6.45, 7) is 4.17. The van der Waals surface area contributed by atoms with E-state index in [0.29, 0.717) is 36.9 Å². The van der Waals surface area contributed by atoms with Crippen LogP contribution in [0.1, 0.15) is 41.1 Å². The molecule has 5 nitrogen and oxygen atoms in total. The first-order valence-corrected chi connectivity index (χ1v) is 8.39. The molecule has 1 amide bonds. The Morgan fingerprint density at radius 1 is 1.29 bits per heavy atom. The molecular formula is C19H24N2O3. The van der Waals surface area contributed by atoms with E-state index in [-0.39, 0.29) is 5.91 Å². The number of rotatable bonds is 8. The molecule has 5 heteroatoms. The summed E-state index contributed by atoms with van der Waals surface area (Å²) in [6, 6.07) is 11.2. The summed E-state index contributed by atoms with van der Waals surface area (Å²) in [6.07, 6.45) is 1.23. The van der Waals surface area contributed by atoms with Crippen molar-refractivity contribution in [1.29, 1.82) is 0 Å². The van der Waals surface area contributed by atoms with Gasteiger partial charge in [-0.2, -0.15) is 0 Å². The minimum absolute atomic E-state index is 0.0984. The van der Waals surface area contributed by atoms with Gasteiger partial charge in [0.05, 0.1) is 13.7 Å². The number of hydrogen-bond acceptors (Lipinski definition) is 4. The maximum atomic E-state index is 12.0. The molecule has 0 spiro atoms. The Bertz CT molecular complexity index is 695. The number of hydrogen-bond donors (Lipinski definition) is 2. The Morgan fingerprint density at radius 3 is 2.88 bits per heavy atom. The average Bonchev–Trinajstić information content (AvgIpc) is 3.15. The number of benzene rings is 1. The molecule has 1 aromatic heterocycles. The van der Waals surface area contributed by atoms with Crippen LogP contribution in [0.2, 0.25) is 0 Å². The Kier molecular flexibility index (Phi) is 5.20. The summed E-state index contributed by atoms with van der Waals surface area (Å²) in [7, 11) is 1.59. The summed E-state index contributed by atoms with van der Waals surface area (Å²) >= 11 is 0. The lowest BCUT2D eigenvalue weighted by atomic mass is 10.2. The van der Waals surface area contributed by atoms with Crippen LogP contribution in [-0.2, 0) is 6.54 Å². The molecule has 2 N–H and O–H groups in total. The summed E-state index contributed by atoms with van der Waals surface area (Å²) in [5.41, 5.74) is 0.601. The quantitative estimate of drug-likeness (QED) is 0.731. The van der Waals surface area contributed by atoms with Gasteiger partial charge in [-0.1, -0.05) is 13.0 Å². The number of ether oxygens (including phenoxy) is 1. The molecule has 2 atom stereocenters. The van der Waals surface area contributed by atoms with Crippen molar-refractivity contribution in [2.75, 3.05) is 20.2 Å². The predicted molar refractivity (Wildman–Crippen MR) is 92.3 cm³/mol. The lowest BCUT2D eigenvalue weighted by molar-refractivity contribution is 0.0953. The molecule has 2 unspecified atom stereocenters. The highest BCUT2D eigenvalue weighted by molar-refractivity contribution is 5.94. The smallest absolute Gasteiger partial charge is 0.251 e. The van der Waals surface area contributed by atoms with Crippen LogP contribution in [0.5, 0.6) is 5.75 Å². The van der Waals surface area contributed by atoms with Gasteiger partial charge >= 0.3 is 0 Å². The monoisotopic (exact) mass is 328 g/mol. The second kappa shape index (κ2) is 7.53. The van der Waals surface area contributed by atoms with E-state index < -0.39 is 0 Å². The topological polar surface area (TPSA) is 63.5 Å². The van der Waals surface area contributed by atoms with Gasteiger partial charge in [-0.05, 0) is 42.7 Å². The largest absolute Gasteiger partial charge is 0.497 e. The fraction of sp³-hybridized carbons (Fsp3) is 0.421. The van der Waals surface area contributed by atoms with E-state index in [2.05, 4.69) is 23.6 Å². The highest BCUT2D eigenvalue weighted by atomic mass is 16.5. The molecule has 128 valence electrons. The van der Waals surface area contributed by atoms with Crippen LogP contribution in [0.3, 0.4) is 0 Å². The molecule has 1 fully saturated rings. The molecule has 3 rings (SSSR count). The molecule has 1 heterocycles. The van der Waals surface area contributed by atoms with Gasteiger partial charge in [0.2, 0.25) is 0 Å². The van der Waals surface area contributed by atoms with Crippen molar-refractivity contribution >= 4 is 5.91 Å². The third-order valence-corrected chi connectivity index (χ3v) is 4.38. The second-order valence-electron chi connectivity index (χ2n) is 6.29. The van der Waals surface area contributed by atoms with Gasteiger partial charge in [0.25, 0.3) is 5.91 Å². The third kappa shape index (κ3) is 4.17. The fourth-order valence-corrected chi connectivity index (χ4v) is 2.75. The zero-order chi connectivity index (χ0) is 16.9. The number of nitrogens with one attached hydrogen (secondary N) is 2. The van der Waals surface area contributed by atoms with Gasteiger partial charge in [-0.3, -0.25) is 4.79 Å². The highest BCUT2D eigenvalue weighted by Gasteiger charge is 2.36. The van der Waals surface area contributed by atoms with E-state index in [9.17, 15) is 4.79 Å². The molecule has 0 saturated heterocycles. The van der Waals surface area contributed by atoms with Gasteiger partial charge in [0, 0.05) is 24.6 Å². The lowest BCUT2D eigenvalue weighted by Gasteiger charge is -2.07. The van der Waals surface area contributed by atoms with Crippen LogP contribution in [0.25, 0.3) is 0 Å². The van der Waals surface area contributed by atoms with E-state index >= 15 is 0 Å². The molecule has 0 bridgehead atoms. The van der Waals surface area contributed by atoms with E-state index in [1.54, 1.807) is 25.3 Å². The number of carbonyl (C=O) groups excluding carboxylic acids is 1. The molecule has 1 saturated carbocycles. The van der Waals surface area contributed by atoms with Gasteiger partial charge in [-0.25, -0.2) is 0 Å². The van der Waals surface area contributed by atoms with Crippen molar-refractivity contribution in [3.8, 4) is 5.75 Å². The van der Waals surface area contributed by atoms with Crippen LogP contribution >= 0.6 is 0 Å². The van der Waals surface area contributed by atoms with Crippen LogP contribution in [0, 0.1) is 5.92 Å². The summed E-state index contributed by atoms with van der Waals surface area (Å²) in [5.74, 6) is 4.00. The van der Waals surface area contributed by atoms with Crippen LogP contribution in [0.4, 0.5) is 0 Å². The lowest BCUT2D eigenvalue weighted by Crippen LogP contribution is -2.31. The molecule has 0 aliphatic heterocycles. The maximum absolute atomic E-state index is 12.0. The molecule has 24 heavy (non-hydrogen) atoms. The zero-order valence-electron chi connectivity index (χ0n) is 14.2. The Hall–Kier alpha value is -2.27. The predicted octanol–water partition coefficient (Wildman–Crippen LogP) is 2.93. The van der Waals surface area contributed by atoms with Crippen LogP contribution < -0.4 is 15.4 Å². The van der Waals surface area contributed by atoms with E-state index in [4.69, 9.17) is 9.15 Å². The molecular weight excluding hydrogens is 304 g/mol. The number of furan rings is 1. The molecule has 2 aromatic rings. The Balaban J connectivity index is 1.36. The minimum atomic E-state index is -0.0984. The standard InChI is InChI=1S/C19H24N2O3/c1-13-10-17(13)18-7-6-16(24-18)12-20-8-9-21-19(22)14-4-3-5-15(11-14)23-2/h3-7,11,13,17,20H,8-10,12H2,1-2H3,(H,21,22). The van der Waals surface area contributed by atoms with E-state index in [1.165, 1.54) is 6.42 Å².